The van der Waals surface area contributed by atoms with Gasteiger partial charge in [0.15, 0.2) is 0 Å². The molecule has 0 heterocycles. The third-order valence-electron chi connectivity index (χ3n) is 1.84. The molecule has 1 aliphatic rings. The summed E-state index contributed by atoms with van der Waals surface area (Å²) < 4.78 is 0. The van der Waals surface area contributed by atoms with Crippen LogP contribution in [0, 0.1) is 5.92 Å². The summed E-state index contributed by atoms with van der Waals surface area (Å²) in [4.78, 5) is 0. The number of hydrogen-bond acceptors (Lipinski definition) is 1. The van der Waals surface area contributed by atoms with Crippen LogP contribution in [-0.2, 0) is 0 Å². The summed E-state index contributed by atoms with van der Waals surface area (Å²) >= 11 is 0. The van der Waals surface area contributed by atoms with Crippen LogP contribution in [0.2, 0.25) is 0 Å². The molecule has 0 amide bonds. The number of nitrogens with one attached hydrogen (secondary N) is 1. The van der Waals surface area contributed by atoms with Gasteiger partial charge in [0.2, 0.25) is 0 Å². The Balaban J connectivity index is 2.37. The molecule has 1 heteroatoms. The lowest BCUT2D eigenvalue weighted by molar-refractivity contribution is 0.725. The fourth-order valence-electron chi connectivity index (χ4n) is 1.09. The highest BCUT2D eigenvalue weighted by Crippen LogP contribution is 2.14. The summed E-state index contributed by atoms with van der Waals surface area (Å²) in [5.74, 6) is 0.711. The second-order valence-electron chi connectivity index (χ2n) is 2.94. The first-order chi connectivity index (χ1) is 5.33. The summed E-state index contributed by atoms with van der Waals surface area (Å²) in [6.45, 7) is 6.73. The fraction of sp³-hybridized carbons (Fsp3) is 0.400. The zero-order valence-electron chi connectivity index (χ0n) is 7.01. The van der Waals surface area contributed by atoms with E-state index in [2.05, 4.69) is 37.0 Å². The Bertz CT molecular complexity index is 189. The van der Waals surface area contributed by atoms with Crippen molar-refractivity contribution < 1.29 is 0 Å². The molecule has 1 atom stereocenters. The predicted octanol–water partition coefficient (Wildman–Crippen LogP) is 2.24. The van der Waals surface area contributed by atoms with Crippen LogP contribution < -0.4 is 5.32 Å². The molecule has 11 heavy (non-hydrogen) atoms. The van der Waals surface area contributed by atoms with Crippen LogP contribution in [0.5, 0.6) is 0 Å². The van der Waals surface area contributed by atoms with Crippen molar-refractivity contribution in [3.05, 3.63) is 36.6 Å². The van der Waals surface area contributed by atoms with Crippen molar-refractivity contribution in [1.82, 2.24) is 5.32 Å². The van der Waals surface area contributed by atoms with Crippen molar-refractivity contribution in [2.24, 2.45) is 5.92 Å². The van der Waals surface area contributed by atoms with Gasteiger partial charge in [-0.2, -0.15) is 0 Å². The highest BCUT2D eigenvalue weighted by Gasteiger charge is 2.01. The molecule has 0 spiro atoms. The lowest BCUT2D eigenvalue weighted by Crippen LogP contribution is -2.09. The maximum absolute atomic E-state index is 3.60. The van der Waals surface area contributed by atoms with Gasteiger partial charge < -0.3 is 5.32 Å². The first-order valence-electron chi connectivity index (χ1n) is 4.04. The summed E-state index contributed by atoms with van der Waals surface area (Å²) in [7, 11) is 0. The average molecular weight is 149 g/mol. The molecule has 0 saturated carbocycles. The van der Waals surface area contributed by atoms with Crippen molar-refractivity contribution in [3.63, 3.8) is 0 Å². The Labute approximate surface area is 68.5 Å². The van der Waals surface area contributed by atoms with Gasteiger partial charge in [0, 0.05) is 6.54 Å². The van der Waals surface area contributed by atoms with Gasteiger partial charge >= 0.3 is 0 Å². The van der Waals surface area contributed by atoms with Crippen LogP contribution in [0.4, 0.5) is 0 Å². The minimum atomic E-state index is 0.711. The molecule has 1 aliphatic carbocycles. The number of rotatable bonds is 3. The topological polar surface area (TPSA) is 12.0 Å². The Morgan fingerprint density at radius 3 is 3.18 bits per heavy atom. The molecule has 0 aromatic heterocycles. The highest BCUT2D eigenvalue weighted by molar-refractivity contribution is 5.24. The summed E-state index contributed by atoms with van der Waals surface area (Å²) in [6.07, 6.45) is 9.61. The SMILES string of the molecule is C=CNCC1=CCC(C)C=C1. The van der Waals surface area contributed by atoms with Crippen LogP contribution >= 0.6 is 0 Å². The second kappa shape index (κ2) is 4.02. The lowest BCUT2D eigenvalue weighted by atomic mass is 9.99. The van der Waals surface area contributed by atoms with E-state index in [4.69, 9.17) is 0 Å². The van der Waals surface area contributed by atoms with Gasteiger partial charge in [-0.3, -0.25) is 0 Å². The van der Waals surface area contributed by atoms with Gasteiger partial charge in [-0.1, -0.05) is 31.7 Å². The smallest absolute Gasteiger partial charge is 0.0391 e. The Morgan fingerprint density at radius 2 is 2.64 bits per heavy atom. The van der Waals surface area contributed by atoms with E-state index >= 15 is 0 Å². The van der Waals surface area contributed by atoms with Crippen LogP contribution in [0.1, 0.15) is 13.3 Å². The third kappa shape index (κ3) is 2.62. The van der Waals surface area contributed by atoms with E-state index < -0.39 is 0 Å². The van der Waals surface area contributed by atoms with Crippen molar-refractivity contribution in [2.75, 3.05) is 6.54 Å². The fourth-order valence-corrected chi connectivity index (χ4v) is 1.09. The van der Waals surface area contributed by atoms with Gasteiger partial charge in [0.05, 0.1) is 0 Å². The van der Waals surface area contributed by atoms with Gasteiger partial charge in [-0.05, 0) is 24.1 Å². The largest absolute Gasteiger partial charge is 0.387 e. The Kier molecular flexibility index (Phi) is 2.96. The minimum Gasteiger partial charge on any atom is -0.387 e. The van der Waals surface area contributed by atoms with Crippen molar-refractivity contribution in [2.45, 2.75) is 13.3 Å². The molecule has 0 fully saturated rings. The van der Waals surface area contributed by atoms with E-state index in [0.717, 1.165) is 6.54 Å². The molecule has 0 bridgehead atoms. The molecule has 60 valence electrons. The summed E-state index contributed by atoms with van der Waals surface area (Å²) in [5, 5.41) is 3.08. The van der Waals surface area contributed by atoms with Crippen LogP contribution in [0.3, 0.4) is 0 Å². The van der Waals surface area contributed by atoms with Gasteiger partial charge in [0.25, 0.3) is 0 Å². The molecule has 1 nitrogen and oxygen atoms in total. The molecule has 0 aliphatic heterocycles. The summed E-state index contributed by atoms with van der Waals surface area (Å²) in [5.41, 5.74) is 1.36. The van der Waals surface area contributed by atoms with Crippen LogP contribution in [0.25, 0.3) is 0 Å². The van der Waals surface area contributed by atoms with Crippen molar-refractivity contribution in [3.8, 4) is 0 Å². The lowest BCUT2D eigenvalue weighted by Gasteiger charge is -2.11. The van der Waals surface area contributed by atoms with Crippen molar-refractivity contribution in [1.29, 1.82) is 0 Å². The second-order valence-corrected chi connectivity index (χ2v) is 2.94. The molecule has 0 radical (unpaired) electrons. The normalized spacial score (nSPS) is 22.6. The predicted molar refractivity (Wildman–Crippen MR) is 49.2 cm³/mol. The van der Waals surface area contributed by atoms with Gasteiger partial charge in [-0.25, -0.2) is 0 Å². The van der Waals surface area contributed by atoms with E-state index in [1.54, 1.807) is 6.20 Å². The molecule has 0 saturated heterocycles. The minimum absolute atomic E-state index is 0.711. The zero-order valence-corrected chi connectivity index (χ0v) is 7.01. The monoisotopic (exact) mass is 149 g/mol. The maximum Gasteiger partial charge on any atom is 0.0391 e. The summed E-state index contributed by atoms with van der Waals surface area (Å²) in [6, 6.07) is 0. The van der Waals surface area contributed by atoms with Gasteiger partial charge in [0.1, 0.15) is 0 Å². The molecule has 1 rings (SSSR count). The van der Waals surface area contributed by atoms with Gasteiger partial charge in [-0.15, -0.1) is 0 Å². The highest BCUT2D eigenvalue weighted by atomic mass is 14.8. The number of hydrogen-bond donors (Lipinski definition) is 1. The van der Waals surface area contributed by atoms with E-state index in [1.807, 2.05) is 0 Å². The molecule has 1 unspecified atom stereocenters. The van der Waals surface area contributed by atoms with E-state index in [-0.39, 0.29) is 0 Å². The van der Waals surface area contributed by atoms with E-state index in [9.17, 15) is 0 Å². The third-order valence-corrected chi connectivity index (χ3v) is 1.84. The Hall–Kier alpha value is -0.980. The van der Waals surface area contributed by atoms with Crippen LogP contribution in [0.15, 0.2) is 36.6 Å². The first kappa shape index (κ1) is 8.12. The molecule has 1 N–H and O–H groups in total. The Morgan fingerprint density at radius 1 is 1.82 bits per heavy atom. The van der Waals surface area contributed by atoms with E-state index in [1.165, 1.54) is 12.0 Å². The molecular weight excluding hydrogens is 134 g/mol. The van der Waals surface area contributed by atoms with Crippen LogP contribution in [-0.4, -0.2) is 6.54 Å². The standard InChI is InChI=1S/C10H15N/c1-3-11-8-10-6-4-9(2)5-7-10/h3-4,6-7,9,11H,1,5,8H2,2H3. The molecular formula is C10H15N. The maximum atomic E-state index is 3.60. The average Bonchev–Trinajstić information content (AvgIpc) is 2.04. The van der Waals surface area contributed by atoms with E-state index in [0.29, 0.717) is 5.92 Å². The van der Waals surface area contributed by atoms with Crippen molar-refractivity contribution >= 4 is 0 Å². The molecule has 0 aromatic carbocycles. The zero-order chi connectivity index (χ0) is 8.10. The number of allylic oxidation sites excluding steroid dienone is 2. The quantitative estimate of drug-likeness (QED) is 0.649. The molecule has 0 aromatic rings. The first-order valence-corrected chi connectivity index (χ1v) is 4.04.